The number of hydrogen-bond donors (Lipinski definition) is 7. The molecule has 232 valence electrons. The molecule has 0 saturated heterocycles. The van der Waals surface area contributed by atoms with Crippen LogP contribution < -0.4 is 27.0 Å². The van der Waals surface area contributed by atoms with Crippen molar-refractivity contribution < 1.29 is 29.0 Å². The summed E-state index contributed by atoms with van der Waals surface area (Å²) in [4.78, 5) is 51.3. The van der Waals surface area contributed by atoms with Crippen LogP contribution in [0, 0.1) is 11.3 Å². The average molecular weight is 588 g/mol. The SMILES string of the molecule is CNC(=N)NCCC[C@H](NC(=O)[C@@H](N)CC(C)C)C(=O)N[C@@H](Cc1cn(C(=O)OC(C)(C)C)c2ccccc12)C(=O)O. The fourth-order valence-electron chi connectivity index (χ4n) is 4.34. The quantitative estimate of drug-likeness (QED) is 0.104. The molecule has 8 N–H and O–H groups in total. The second-order valence-corrected chi connectivity index (χ2v) is 11.6. The molecule has 0 aliphatic heterocycles. The monoisotopic (exact) mass is 587 g/mol. The van der Waals surface area contributed by atoms with Crippen LogP contribution in [0.2, 0.25) is 0 Å². The standard InChI is InChI=1S/C29H45N7O6/c1-17(2)14-20(30)24(37)34-21(11-9-13-33-27(31)32-6)25(38)35-22(26(39)40)15-18-16-36(28(41)42-29(3,4)5)23-12-8-7-10-19(18)23/h7-8,10,12,16-17,20-22H,9,11,13-15,30H2,1-6H3,(H,34,37)(H,35,38)(H,39,40)(H3,31,32,33)/t20-,21-,22-/m0/s1. The first-order chi connectivity index (χ1) is 19.6. The van der Waals surface area contributed by atoms with Gasteiger partial charge in [-0.1, -0.05) is 32.0 Å². The Morgan fingerprint density at radius 1 is 1.07 bits per heavy atom. The van der Waals surface area contributed by atoms with E-state index >= 15 is 0 Å². The summed E-state index contributed by atoms with van der Waals surface area (Å²) in [6, 6.07) is 3.79. The Labute approximate surface area is 246 Å². The Hall–Kier alpha value is -4.13. The molecule has 2 aromatic rings. The summed E-state index contributed by atoms with van der Waals surface area (Å²) >= 11 is 0. The minimum atomic E-state index is -1.35. The number of nitrogens with zero attached hydrogens (tertiary/aromatic N) is 1. The van der Waals surface area contributed by atoms with Crippen molar-refractivity contribution in [1.82, 2.24) is 25.8 Å². The Morgan fingerprint density at radius 3 is 2.31 bits per heavy atom. The van der Waals surface area contributed by atoms with E-state index in [-0.39, 0.29) is 24.7 Å². The lowest BCUT2D eigenvalue weighted by molar-refractivity contribution is -0.142. The molecule has 0 bridgehead atoms. The molecule has 0 radical (unpaired) electrons. The van der Waals surface area contributed by atoms with E-state index in [4.69, 9.17) is 15.9 Å². The molecule has 1 heterocycles. The van der Waals surface area contributed by atoms with E-state index in [1.807, 2.05) is 13.8 Å². The van der Waals surface area contributed by atoms with Gasteiger partial charge in [0.15, 0.2) is 5.96 Å². The van der Waals surface area contributed by atoms with E-state index in [0.717, 1.165) is 0 Å². The fraction of sp³-hybridized carbons (Fsp3) is 0.552. The van der Waals surface area contributed by atoms with Crippen LogP contribution in [0.4, 0.5) is 4.79 Å². The smallest absolute Gasteiger partial charge is 0.419 e. The third kappa shape index (κ3) is 10.4. The zero-order chi connectivity index (χ0) is 31.6. The van der Waals surface area contributed by atoms with Gasteiger partial charge in [-0.25, -0.2) is 9.59 Å². The molecule has 2 amide bonds. The second kappa shape index (κ2) is 15.2. The molecule has 2 rings (SSSR count). The number of benzene rings is 1. The lowest BCUT2D eigenvalue weighted by Gasteiger charge is -2.23. The molecule has 0 fully saturated rings. The predicted octanol–water partition coefficient (Wildman–Crippen LogP) is 1.92. The number of fused-ring (bicyclic) bond motifs is 1. The lowest BCUT2D eigenvalue weighted by atomic mass is 10.0. The molecule has 0 spiro atoms. The number of aliphatic carboxylic acids is 1. The van der Waals surface area contributed by atoms with Gasteiger partial charge in [-0.15, -0.1) is 0 Å². The average Bonchev–Trinajstić information content (AvgIpc) is 3.26. The Kier molecular flexibility index (Phi) is 12.3. The van der Waals surface area contributed by atoms with Gasteiger partial charge in [0.2, 0.25) is 11.8 Å². The largest absolute Gasteiger partial charge is 0.480 e. The molecule has 13 heteroatoms. The first-order valence-corrected chi connectivity index (χ1v) is 14.0. The summed E-state index contributed by atoms with van der Waals surface area (Å²) < 4.78 is 6.83. The molecule has 3 atom stereocenters. The van der Waals surface area contributed by atoms with Crippen molar-refractivity contribution in [3.63, 3.8) is 0 Å². The first kappa shape index (κ1) is 34.1. The number of nitrogens with one attached hydrogen (secondary N) is 5. The zero-order valence-electron chi connectivity index (χ0n) is 25.2. The number of hydrogen-bond acceptors (Lipinski definition) is 7. The maximum atomic E-state index is 13.4. The molecule has 13 nitrogen and oxygen atoms in total. The van der Waals surface area contributed by atoms with Gasteiger partial charge in [-0.3, -0.25) is 19.6 Å². The first-order valence-electron chi connectivity index (χ1n) is 14.0. The number of rotatable bonds is 13. The molecule has 0 aliphatic carbocycles. The summed E-state index contributed by atoms with van der Waals surface area (Å²) in [6.45, 7) is 9.45. The number of carbonyl (C=O) groups excluding carboxylic acids is 3. The van der Waals surface area contributed by atoms with Crippen LogP contribution in [-0.2, 0) is 25.5 Å². The maximum Gasteiger partial charge on any atom is 0.419 e. The topological polar surface area (TPSA) is 201 Å². The van der Waals surface area contributed by atoms with Gasteiger partial charge < -0.3 is 36.8 Å². The number of nitrogens with two attached hydrogens (primary N) is 1. The Balaban J connectivity index is 2.27. The number of carbonyl (C=O) groups is 4. The van der Waals surface area contributed by atoms with Crippen LogP contribution >= 0.6 is 0 Å². The molecule has 0 unspecified atom stereocenters. The number of carboxylic acids is 1. The maximum absolute atomic E-state index is 13.4. The second-order valence-electron chi connectivity index (χ2n) is 11.6. The minimum absolute atomic E-state index is 0.107. The van der Waals surface area contributed by atoms with Gasteiger partial charge >= 0.3 is 12.1 Å². The van der Waals surface area contributed by atoms with Gasteiger partial charge in [0.25, 0.3) is 0 Å². The van der Waals surface area contributed by atoms with Crippen molar-refractivity contribution in [2.75, 3.05) is 13.6 Å². The van der Waals surface area contributed by atoms with E-state index in [2.05, 4.69) is 21.3 Å². The Bertz CT molecular complexity index is 1270. The fourth-order valence-corrected chi connectivity index (χ4v) is 4.34. The number of para-hydroxylation sites is 1. The third-order valence-corrected chi connectivity index (χ3v) is 6.34. The van der Waals surface area contributed by atoms with Crippen LogP contribution in [0.5, 0.6) is 0 Å². The molecule has 1 aromatic heterocycles. The summed E-state index contributed by atoms with van der Waals surface area (Å²) in [5.41, 5.74) is 6.36. The summed E-state index contributed by atoms with van der Waals surface area (Å²) in [7, 11) is 1.60. The number of amides is 2. The number of carboxylic acid groups (broad SMARTS) is 1. The molecular weight excluding hydrogens is 542 g/mol. The number of guanidine groups is 1. The highest BCUT2D eigenvalue weighted by molar-refractivity contribution is 5.94. The molecule has 0 aliphatic rings. The molecular formula is C29H45N7O6. The summed E-state index contributed by atoms with van der Waals surface area (Å²) in [6.07, 6.45) is 1.80. The van der Waals surface area contributed by atoms with Crippen molar-refractivity contribution in [1.29, 1.82) is 5.41 Å². The molecule has 1 aromatic carbocycles. The van der Waals surface area contributed by atoms with Crippen molar-refractivity contribution in [3.8, 4) is 0 Å². The van der Waals surface area contributed by atoms with E-state index in [0.29, 0.717) is 35.9 Å². The van der Waals surface area contributed by atoms with Gasteiger partial charge in [0.1, 0.15) is 17.7 Å². The van der Waals surface area contributed by atoms with E-state index in [1.54, 1.807) is 52.1 Å². The number of ether oxygens (including phenoxy) is 1. The van der Waals surface area contributed by atoms with E-state index in [1.165, 1.54) is 10.8 Å². The minimum Gasteiger partial charge on any atom is -0.480 e. The predicted molar refractivity (Wildman–Crippen MR) is 160 cm³/mol. The van der Waals surface area contributed by atoms with Crippen LogP contribution in [-0.4, -0.2) is 76.8 Å². The lowest BCUT2D eigenvalue weighted by Crippen LogP contribution is -2.55. The van der Waals surface area contributed by atoms with Crippen molar-refractivity contribution in [2.24, 2.45) is 11.7 Å². The van der Waals surface area contributed by atoms with E-state index in [9.17, 15) is 24.3 Å². The number of aromatic nitrogens is 1. The highest BCUT2D eigenvalue weighted by Crippen LogP contribution is 2.24. The van der Waals surface area contributed by atoms with Gasteiger partial charge in [0, 0.05) is 31.6 Å². The van der Waals surface area contributed by atoms with Crippen LogP contribution in [0.3, 0.4) is 0 Å². The third-order valence-electron chi connectivity index (χ3n) is 6.34. The van der Waals surface area contributed by atoms with Crippen LogP contribution in [0.25, 0.3) is 10.9 Å². The van der Waals surface area contributed by atoms with Gasteiger partial charge in [-0.2, -0.15) is 0 Å². The highest BCUT2D eigenvalue weighted by Gasteiger charge is 2.29. The normalized spacial score (nSPS) is 13.6. The highest BCUT2D eigenvalue weighted by atomic mass is 16.6. The Morgan fingerprint density at radius 2 is 1.71 bits per heavy atom. The summed E-state index contributed by atoms with van der Waals surface area (Å²) in [5, 5.41) is 29.0. The van der Waals surface area contributed by atoms with Crippen LogP contribution in [0.1, 0.15) is 59.4 Å². The zero-order valence-corrected chi connectivity index (χ0v) is 25.2. The van der Waals surface area contributed by atoms with Crippen molar-refractivity contribution in [2.45, 2.75) is 84.0 Å². The van der Waals surface area contributed by atoms with Gasteiger partial charge in [0.05, 0.1) is 11.6 Å². The van der Waals surface area contributed by atoms with Crippen molar-refractivity contribution >= 4 is 40.7 Å². The van der Waals surface area contributed by atoms with Crippen molar-refractivity contribution in [3.05, 3.63) is 36.0 Å². The van der Waals surface area contributed by atoms with E-state index < -0.39 is 47.6 Å². The van der Waals surface area contributed by atoms with Crippen LogP contribution in [0.15, 0.2) is 30.5 Å². The van der Waals surface area contributed by atoms with Gasteiger partial charge in [-0.05, 0) is 57.6 Å². The molecule has 0 saturated carbocycles. The molecule has 42 heavy (non-hydrogen) atoms. The summed E-state index contributed by atoms with van der Waals surface area (Å²) in [5.74, 6) is -2.19.